The smallest absolute Gasteiger partial charge is 0.343 e. The maximum absolute atomic E-state index is 13.8. The second-order valence-corrected chi connectivity index (χ2v) is 7.15. The number of hydrogen-bond acceptors (Lipinski definition) is 4. The van der Waals surface area contributed by atoms with Crippen molar-refractivity contribution in [1.82, 2.24) is 0 Å². The fourth-order valence-corrected chi connectivity index (χ4v) is 3.19. The van der Waals surface area contributed by atoms with E-state index in [1.165, 1.54) is 13.2 Å². The van der Waals surface area contributed by atoms with E-state index in [1.807, 2.05) is 31.2 Å². The molecule has 5 heteroatoms. The van der Waals surface area contributed by atoms with Crippen LogP contribution in [-0.2, 0) is 16.1 Å². The molecule has 3 aromatic rings. The normalized spacial score (nSPS) is 14.4. The van der Waals surface area contributed by atoms with Crippen LogP contribution in [0.5, 0.6) is 11.5 Å². The molecule has 0 unspecified atom stereocenters. The Morgan fingerprint density at radius 2 is 1.77 bits per heavy atom. The first kappa shape index (κ1) is 20.4. The molecule has 0 aromatic heterocycles. The lowest BCUT2D eigenvalue weighted by molar-refractivity contribution is -0.130. The molecule has 0 fully saturated rings. The number of esters is 1. The summed E-state index contributed by atoms with van der Waals surface area (Å²) in [5.74, 6) is 0.763. The van der Waals surface area contributed by atoms with Gasteiger partial charge in [-0.2, -0.15) is 0 Å². The van der Waals surface area contributed by atoms with Crippen molar-refractivity contribution in [3.63, 3.8) is 0 Å². The van der Waals surface area contributed by atoms with Gasteiger partial charge in [-0.05, 0) is 42.8 Å². The summed E-state index contributed by atoms with van der Waals surface area (Å²) < 4.78 is 30.4. The van der Waals surface area contributed by atoms with Gasteiger partial charge in [-0.3, -0.25) is 0 Å². The molecule has 1 heterocycles. The van der Waals surface area contributed by atoms with Crippen molar-refractivity contribution < 1.29 is 23.4 Å². The van der Waals surface area contributed by atoms with Crippen LogP contribution < -0.4 is 9.47 Å². The zero-order chi connectivity index (χ0) is 21.8. The molecule has 4 nitrogen and oxygen atoms in total. The SMILES string of the molecule is COc1cc(/C=C2\C=C(c3ccc(C)cc3)OC2=O)ccc1OCc1ccccc1F. The first-order chi connectivity index (χ1) is 15.0. The predicted molar refractivity (Wildman–Crippen MR) is 117 cm³/mol. The Balaban J connectivity index is 1.54. The Morgan fingerprint density at radius 3 is 2.52 bits per heavy atom. The molecule has 0 radical (unpaired) electrons. The molecule has 0 aliphatic carbocycles. The van der Waals surface area contributed by atoms with Gasteiger partial charge in [-0.25, -0.2) is 9.18 Å². The van der Waals surface area contributed by atoms with Gasteiger partial charge < -0.3 is 14.2 Å². The van der Waals surface area contributed by atoms with Crippen LogP contribution in [0.4, 0.5) is 4.39 Å². The van der Waals surface area contributed by atoms with Crippen molar-refractivity contribution in [3.8, 4) is 11.5 Å². The maximum atomic E-state index is 13.8. The zero-order valence-corrected chi connectivity index (χ0v) is 17.2. The van der Waals surface area contributed by atoms with Crippen molar-refractivity contribution in [2.45, 2.75) is 13.5 Å². The molecule has 4 rings (SSSR count). The highest BCUT2D eigenvalue weighted by Gasteiger charge is 2.22. The van der Waals surface area contributed by atoms with Gasteiger partial charge in [0.25, 0.3) is 0 Å². The van der Waals surface area contributed by atoms with Crippen molar-refractivity contribution in [3.05, 3.63) is 106 Å². The third-order valence-corrected chi connectivity index (χ3v) is 4.91. The van der Waals surface area contributed by atoms with E-state index in [2.05, 4.69) is 0 Å². The number of halogens is 1. The lowest BCUT2D eigenvalue weighted by Gasteiger charge is -2.12. The first-order valence-corrected chi connectivity index (χ1v) is 9.80. The fraction of sp³-hybridized carbons (Fsp3) is 0.115. The number of carbonyl (C=O) groups is 1. The number of aryl methyl sites for hydroxylation is 1. The molecular formula is C26H21FO4. The van der Waals surface area contributed by atoms with E-state index in [9.17, 15) is 9.18 Å². The number of carbonyl (C=O) groups excluding carboxylic acids is 1. The molecule has 0 saturated heterocycles. The Hall–Kier alpha value is -3.86. The summed E-state index contributed by atoms with van der Waals surface area (Å²) >= 11 is 0. The summed E-state index contributed by atoms with van der Waals surface area (Å²) in [5, 5.41) is 0. The topological polar surface area (TPSA) is 44.8 Å². The summed E-state index contributed by atoms with van der Waals surface area (Å²) in [7, 11) is 1.53. The summed E-state index contributed by atoms with van der Waals surface area (Å²) in [6, 6.07) is 19.5. The molecule has 0 bridgehead atoms. The van der Waals surface area contributed by atoms with Gasteiger partial charge in [0.15, 0.2) is 11.5 Å². The van der Waals surface area contributed by atoms with Crippen LogP contribution in [0.1, 0.15) is 22.3 Å². The molecule has 1 aliphatic rings. The summed E-state index contributed by atoms with van der Waals surface area (Å²) in [5.41, 5.74) is 3.63. The third kappa shape index (κ3) is 4.67. The lowest BCUT2D eigenvalue weighted by atomic mass is 10.1. The summed E-state index contributed by atoms with van der Waals surface area (Å²) in [4.78, 5) is 12.3. The molecule has 3 aromatic carbocycles. The number of rotatable bonds is 6. The van der Waals surface area contributed by atoms with Crippen LogP contribution in [0.2, 0.25) is 0 Å². The molecule has 1 aliphatic heterocycles. The monoisotopic (exact) mass is 416 g/mol. The van der Waals surface area contributed by atoms with Crippen molar-refractivity contribution in [2.75, 3.05) is 7.11 Å². The van der Waals surface area contributed by atoms with Crippen molar-refractivity contribution >= 4 is 17.8 Å². The van der Waals surface area contributed by atoms with E-state index in [0.717, 1.165) is 16.7 Å². The van der Waals surface area contributed by atoms with Gasteiger partial charge in [0.05, 0.1) is 12.7 Å². The number of cyclic esters (lactones) is 1. The Labute approximate surface area is 180 Å². The standard InChI is InChI=1S/C26H21FO4/c1-17-7-10-19(11-8-17)24-15-21(26(28)31-24)13-18-9-12-23(25(14-18)29-2)30-16-20-5-3-4-6-22(20)27/h3-15H,16H2,1-2H3/b21-13+. The summed E-state index contributed by atoms with van der Waals surface area (Å²) in [6.45, 7) is 2.08. The highest BCUT2D eigenvalue weighted by molar-refractivity contribution is 6.05. The summed E-state index contributed by atoms with van der Waals surface area (Å²) in [6.07, 6.45) is 3.45. The second kappa shape index (κ2) is 8.88. The molecule has 156 valence electrons. The number of hydrogen-bond donors (Lipinski definition) is 0. The van der Waals surface area contributed by atoms with Gasteiger partial charge in [-0.1, -0.05) is 54.1 Å². The number of methoxy groups -OCH3 is 1. The van der Waals surface area contributed by atoms with Gasteiger partial charge >= 0.3 is 5.97 Å². The van der Waals surface area contributed by atoms with Crippen molar-refractivity contribution in [2.24, 2.45) is 0 Å². The molecule has 0 spiro atoms. The zero-order valence-electron chi connectivity index (χ0n) is 17.2. The van der Waals surface area contributed by atoms with E-state index in [1.54, 1.807) is 48.6 Å². The second-order valence-electron chi connectivity index (χ2n) is 7.15. The average Bonchev–Trinajstić information content (AvgIpc) is 3.14. The number of benzene rings is 3. The van der Waals surface area contributed by atoms with E-state index >= 15 is 0 Å². The van der Waals surface area contributed by atoms with Crippen LogP contribution >= 0.6 is 0 Å². The molecule has 0 N–H and O–H groups in total. The van der Waals surface area contributed by atoms with Gasteiger partial charge in [0.1, 0.15) is 18.2 Å². The minimum Gasteiger partial charge on any atom is -0.493 e. The highest BCUT2D eigenvalue weighted by Crippen LogP contribution is 2.32. The van der Waals surface area contributed by atoms with E-state index < -0.39 is 5.97 Å². The quantitative estimate of drug-likeness (QED) is 0.382. The fourth-order valence-electron chi connectivity index (χ4n) is 3.19. The Kier molecular flexibility index (Phi) is 5.85. The third-order valence-electron chi connectivity index (χ3n) is 4.91. The molecule has 0 atom stereocenters. The molecular weight excluding hydrogens is 395 g/mol. The van der Waals surface area contributed by atoms with E-state index in [4.69, 9.17) is 14.2 Å². The van der Waals surface area contributed by atoms with Crippen LogP contribution in [0, 0.1) is 12.7 Å². The minimum atomic E-state index is -0.408. The minimum absolute atomic E-state index is 0.0818. The van der Waals surface area contributed by atoms with Gasteiger partial charge in [0.2, 0.25) is 0 Å². The Bertz CT molecular complexity index is 1180. The van der Waals surface area contributed by atoms with Crippen molar-refractivity contribution in [1.29, 1.82) is 0 Å². The Morgan fingerprint density at radius 1 is 1.00 bits per heavy atom. The van der Waals surface area contributed by atoms with Crippen LogP contribution in [0.15, 0.2) is 78.4 Å². The first-order valence-electron chi connectivity index (χ1n) is 9.80. The lowest BCUT2D eigenvalue weighted by Crippen LogP contribution is -2.00. The van der Waals surface area contributed by atoms with E-state index in [0.29, 0.717) is 28.4 Å². The predicted octanol–water partition coefficient (Wildman–Crippen LogP) is 5.70. The van der Waals surface area contributed by atoms with E-state index in [-0.39, 0.29) is 12.4 Å². The largest absolute Gasteiger partial charge is 0.493 e. The van der Waals surface area contributed by atoms with Gasteiger partial charge in [-0.15, -0.1) is 0 Å². The molecule has 0 saturated carbocycles. The van der Waals surface area contributed by atoms with Crippen LogP contribution in [-0.4, -0.2) is 13.1 Å². The van der Waals surface area contributed by atoms with Gasteiger partial charge in [0, 0.05) is 11.1 Å². The highest BCUT2D eigenvalue weighted by atomic mass is 19.1. The maximum Gasteiger partial charge on any atom is 0.343 e. The molecule has 0 amide bonds. The van der Waals surface area contributed by atoms with Crippen LogP contribution in [0.25, 0.3) is 11.8 Å². The average molecular weight is 416 g/mol. The molecule has 31 heavy (non-hydrogen) atoms. The van der Waals surface area contributed by atoms with Crippen LogP contribution in [0.3, 0.4) is 0 Å². The number of ether oxygens (including phenoxy) is 3.